The molecule has 0 spiro atoms. The SMILES string of the molecule is COc1cccc(/C=N/Nc2nc3c(c(=O)n(C)c(=O)n3C)n2Cc2ccc(C)cc2)c1O. The number of nitrogens with zero attached hydrogens (tertiary/aromatic N) is 5. The molecule has 33 heavy (non-hydrogen) atoms. The Bertz CT molecular complexity index is 1480. The van der Waals surface area contributed by atoms with E-state index in [1.165, 1.54) is 24.9 Å². The fraction of sp³-hybridized carbons (Fsp3) is 0.217. The summed E-state index contributed by atoms with van der Waals surface area (Å²) < 4.78 is 9.18. The molecule has 10 heteroatoms. The fourth-order valence-electron chi connectivity index (χ4n) is 3.53. The van der Waals surface area contributed by atoms with Gasteiger partial charge in [0.1, 0.15) is 0 Å². The van der Waals surface area contributed by atoms with Crippen molar-refractivity contribution in [2.24, 2.45) is 19.2 Å². The number of hydrogen-bond acceptors (Lipinski definition) is 7. The Hall–Kier alpha value is -4.34. The lowest BCUT2D eigenvalue weighted by Gasteiger charge is -2.10. The molecule has 0 aliphatic carbocycles. The number of hydrogen-bond donors (Lipinski definition) is 2. The Kier molecular flexibility index (Phi) is 5.74. The number of phenols is 1. The zero-order valence-electron chi connectivity index (χ0n) is 18.7. The van der Waals surface area contributed by atoms with Gasteiger partial charge in [0.2, 0.25) is 5.95 Å². The first-order valence-electron chi connectivity index (χ1n) is 10.2. The second-order valence-electron chi connectivity index (χ2n) is 7.65. The van der Waals surface area contributed by atoms with E-state index in [2.05, 4.69) is 15.5 Å². The number of aromatic hydroxyl groups is 1. The van der Waals surface area contributed by atoms with Gasteiger partial charge in [-0.3, -0.25) is 18.5 Å². The first kappa shape index (κ1) is 21.9. The molecule has 2 heterocycles. The van der Waals surface area contributed by atoms with E-state index in [0.717, 1.165) is 15.7 Å². The van der Waals surface area contributed by atoms with Gasteiger partial charge in [0.25, 0.3) is 5.56 Å². The van der Waals surface area contributed by atoms with Crippen molar-refractivity contribution in [2.45, 2.75) is 13.5 Å². The van der Waals surface area contributed by atoms with E-state index in [9.17, 15) is 14.7 Å². The number of methoxy groups -OCH3 is 1. The maximum atomic E-state index is 13.0. The Morgan fingerprint density at radius 1 is 1.12 bits per heavy atom. The van der Waals surface area contributed by atoms with E-state index in [0.29, 0.717) is 17.9 Å². The van der Waals surface area contributed by atoms with Gasteiger partial charge in [-0.15, -0.1) is 0 Å². The molecule has 0 radical (unpaired) electrons. The van der Waals surface area contributed by atoms with Crippen molar-refractivity contribution in [2.75, 3.05) is 12.5 Å². The number of ether oxygens (including phenoxy) is 1. The predicted octanol–water partition coefficient (Wildman–Crippen LogP) is 1.95. The smallest absolute Gasteiger partial charge is 0.332 e. The van der Waals surface area contributed by atoms with Crippen LogP contribution < -0.4 is 21.4 Å². The number of rotatable bonds is 6. The molecule has 0 saturated heterocycles. The van der Waals surface area contributed by atoms with Gasteiger partial charge in [-0.1, -0.05) is 35.9 Å². The van der Waals surface area contributed by atoms with Crippen molar-refractivity contribution in [1.29, 1.82) is 0 Å². The van der Waals surface area contributed by atoms with Crippen molar-refractivity contribution in [3.8, 4) is 11.5 Å². The van der Waals surface area contributed by atoms with Crippen molar-refractivity contribution in [3.63, 3.8) is 0 Å². The molecule has 0 unspecified atom stereocenters. The number of fused-ring (bicyclic) bond motifs is 1. The van der Waals surface area contributed by atoms with Crippen molar-refractivity contribution in [3.05, 3.63) is 80.0 Å². The normalized spacial score (nSPS) is 11.4. The number of aromatic nitrogens is 4. The molecule has 0 aliphatic rings. The predicted molar refractivity (Wildman–Crippen MR) is 126 cm³/mol. The molecular weight excluding hydrogens is 424 g/mol. The minimum Gasteiger partial charge on any atom is -0.504 e. The average Bonchev–Trinajstić information content (AvgIpc) is 3.17. The number of imidazole rings is 1. The first-order chi connectivity index (χ1) is 15.8. The van der Waals surface area contributed by atoms with Gasteiger partial charge < -0.3 is 9.84 Å². The zero-order valence-corrected chi connectivity index (χ0v) is 18.7. The lowest BCUT2D eigenvalue weighted by atomic mass is 10.1. The number of benzene rings is 2. The highest BCUT2D eigenvalue weighted by Gasteiger charge is 2.19. The van der Waals surface area contributed by atoms with E-state index in [1.54, 1.807) is 29.8 Å². The second-order valence-corrected chi connectivity index (χ2v) is 7.65. The number of aryl methyl sites for hydroxylation is 2. The molecule has 4 aromatic rings. The van der Waals surface area contributed by atoms with Crippen LogP contribution in [0.1, 0.15) is 16.7 Å². The van der Waals surface area contributed by atoms with E-state index in [4.69, 9.17) is 4.74 Å². The lowest BCUT2D eigenvalue weighted by Crippen LogP contribution is -2.37. The third-order valence-electron chi connectivity index (χ3n) is 5.43. The van der Waals surface area contributed by atoms with E-state index in [-0.39, 0.29) is 22.9 Å². The van der Waals surface area contributed by atoms with Gasteiger partial charge in [-0.2, -0.15) is 10.1 Å². The molecule has 0 atom stereocenters. The van der Waals surface area contributed by atoms with Crippen LogP contribution in [0.5, 0.6) is 11.5 Å². The van der Waals surface area contributed by atoms with Crippen molar-refractivity contribution >= 4 is 23.3 Å². The van der Waals surface area contributed by atoms with Crippen LogP contribution >= 0.6 is 0 Å². The van der Waals surface area contributed by atoms with Crippen LogP contribution in [0.15, 0.2) is 57.2 Å². The van der Waals surface area contributed by atoms with Crippen LogP contribution in [0.2, 0.25) is 0 Å². The summed E-state index contributed by atoms with van der Waals surface area (Å²) in [5, 5.41) is 14.5. The Morgan fingerprint density at radius 3 is 2.55 bits per heavy atom. The molecule has 0 bridgehead atoms. The van der Waals surface area contributed by atoms with Crippen molar-refractivity contribution in [1.82, 2.24) is 18.7 Å². The molecule has 0 aliphatic heterocycles. The lowest BCUT2D eigenvalue weighted by molar-refractivity contribution is 0.373. The van der Waals surface area contributed by atoms with Gasteiger partial charge in [-0.05, 0) is 24.6 Å². The summed E-state index contributed by atoms with van der Waals surface area (Å²) in [7, 11) is 4.46. The molecule has 0 amide bonds. The molecule has 170 valence electrons. The standard InChI is InChI=1S/C23H24N6O4/c1-14-8-10-15(11-9-14)13-29-18-20(27(2)23(32)28(3)21(18)31)25-22(29)26-24-12-16-6-5-7-17(33-4)19(16)30/h5-12,30H,13H2,1-4H3,(H,25,26)/b24-12+. The molecule has 2 aromatic carbocycles. The number of anilines is 1. The van der Waals surface area contributed by atoms with Crippen LogP contribution in [0, 0.1) is 6.92 Å². The fourth-order valence-corrected chi connectivity index (χ4v) is 3.53. The average molecular weight is 448 g/mol. The highest BCUT2D eigenvalue weighted by atomic mass is 16.5. The number of phenolic OH excluding ortho intramolecular Hbond substituents is 1. The third kappa shape index (κ3) is 3.98. The summed E-state index contributed by atoms with van der Waals surface area (Å²) in [5.74, 6) is 0.557. The van der Waals surface area contributed by atoms with Gasteiger partial charge in [-0.25, -0.2) is 10.2 Å². The van der Waals surface area contributed by atoms with E-state index in [1.807, 2.05) is 31.2 Å². The van der Waals surface area contributed by atoms with Crippen LogP contribution in [0.4, 0.5) is 5.95 Å². The Balaban J connectivity index is 1.81. The summed E-state index contributed by atoms with van der Waals surface area (Å²) in [6.07, 6.45) is 1.42. The topological polar surface area (TPSA) is 116 Å². The molecule has 2 N–H and O–H groups in total. The molecular formula is C23H24N6O4. The summed E-state index contributed by atoms with van der Waals surface area (Å²) in [6, 6.07) is 12.9. The number of hydrazone groups is 1. The van der Waals surface area contributed by atoms with Gasteiger partial charge >= 0.3 is 5.69 Å². The Labute approximate surface area is 189 Å². The van der Waals surface area contributed by atoms with Gasteiger partial charge in [0.15, 0.2) is 22.7 Å². The monoisotopic (exact) mass is 448 g/mol. The molecule has 2 aromatic heterocycles. The highest BCUT2D eigenvalue weighted by molar-refractivity contribution is 5.85. The first-order valence-corrected chi connectivity index (χ1v) is 10.2. The van der Waals surface area contributed by atoms with E-state index >= 15 is 0 Å². The van der Waals surface area contributed by atoms with E-state index < -0.39 is 11.2 Å². The molecule has 0 fully saturated rings. The van der Waals surface area contributed by atoms with Gasteiger partial charge in [0.05, 0.1) is 19.9 Å². The quantitative estimate of drug-likeness (QED) is 0.344. The largest absolute Gasteiger partial charge is 0.504 e. The molecule has 4 rings (SSSR count). The van der Waals surface area contributed by atoms with Crippen LogP contribution in [0.3, 0.4) is 0 Å². The summed E-state index contributed by atoms with van der Waals surface area (Å²) in [5.41, 5.74) is 4.96. The third-order valence-corrected chi connectivity index (χ3v) is 5.43. The maximum Gasteiger partial charge on any atom is 0.332 e. The molecule has 10 nitrogen and oxygen atoms in total. The zero-order chi connectivity index (χ0) is 23.7. The van der Waals surface area contributed by atoms with Gasteiger partial charge in [0, 0.05) is 19.7 Å². The summed E-state index contributed by atoms with van der Waals surface area (Å²) >= 11 is 0. The van der Waals surface area contributed by atoms with Crippen molar-refractivity contribution < 1.29 is 9.84 Å². The van der Waals surface area contributed by atoms with Crippen LogP contribution in [-0.2, 0) is 20.6 Å². The summed E-state index contributed by atoms with van der Waals surface area (Å²) in [6.45, 7) is 2.34. The van der Waals surface area contributed by atoms with Crippen LogP contribution in [0.25, 0.3) is 11.2 Å². The summed E-state index contributed by atoms with van der Waals surface area (Å²) in [4.78, 5) is 29.8. The highest BCUT2D eigenvalue weighted by Crippen LogP contribution is 2.28. The number of nitrogens with one attached hydrogen (secondary N) is 1. The molecule has 0 saturated carbocycles. The minimum absolute atomic E-state index is 0.0463. The number of para-hydroxylation sites is 1. The maximum absolute atomic E-state index is 13.0. The minimum atomic E-state index is -0.469. The second kappa shape index (κ2) is 8.65. The Morgan fingerprint density at radius 2 is 1.85 bits per heavy atom. The van der Waals surface area contributed by atoms with Crippen LogP contribution in [-0.4, -0.2) is 37.1 Å².